The highest BCUT2D eigenvalue weighted by atomic mass is 32.2. The lowest BCUT2D eigenvalue weighted by Crippen LogP contribution is -2.50. The summed E-state index contributed by atoms with van der Waals surface area (Å²) >= 11 is 0. The van der Waals surface area contributed by atoms with E-state index in [0.29, 0.717) is 17.4 Å². The molecule has 1 fully saturated rings. The van der Waals surface area contributed by atoms with Gasteiger partial charge in [-0.1, -0.05) is 24.6 Å². The molecule has 1 saturated heterocycles. The van der Waals surface area contributed by atoms with Gasteiger partial charge in [0.1, 0.15) is 0 Å². The predicted octanol–water partition coefficient (Wildman–Crippen LogP) is 1.27. The van der Waals surface area contributed by atoms with Crippen LogP contribution in [0, 0.1) is 12.8 Å². The number of hydrogen-bond donors (Lipinski definition) is 2. The molecule has 0 bridgehead atoms. The number of nitrogens with one attached hydrogen (secondary N) is 2. The number of benzene rings is 1. The zero-order valence-corrected chi connectivity index (χ0v) is 11.6. The maximum absolute atomic E-state index is 12.2. The lowest BCUT2D eigenvalue weighted by Gasteiger charge is -2.29. The average molecular weight is 268 g/mol. The zero-order chi connectivity index (χ0) is 13.2. The average Bonchev–Trinajstić information content (AvgIpc) is 2.32. The first-order valence-electron chi connectivity index (χ1n) is 6.29. The second-order valence-electron chi connectivity index (χ2n) is 5.01. The van der Waals surface area contributed by atoms with E-state index in [1.165, 1.54) is 0 Å². The minimum atomic E-state index is -3.40. The van der Waals surface area contributed by atoms with Gasteiger partial charge in [-0.05, 0) is 37.9 Å². The minimum Gasteiger partial charge on any atom is -0.315 e. The summed E-state index contributed by atoms with van der Waals surface area (Å²) in [4.78, 5) is 0.339. The van der Waals surface area contributed by atoms with Gasteiger partial charge in [0.25, 0.3) is 0 Å². The second kappa shape index (κ2) is 5.38. The van der Waals surface area contributed by atoms with Gasteiger partial charge in [0.05, 0.1) is 4.90 Å². The zero-order valence-electron chi connectivity index (χ0n) is 10.8. The van der Waals surface area contributed by atoms with Gasteiger partial charge in [0, 0.05) is 12.6 Å². The molecule has 2 unspecified atom stereocenters. The van der Waals surface area contributed by atoms with Crippen molar-refractivity contribution < 1.29 is 8.42 Å². The molecule has 0 aromatic heterocycles. The number of rotatable bonds is 3. The van der Waals surface area contributed by atoms with Crippen molar-refractivity contribution in [2.45, 2.75) is 31.2 Å². The fourth-order valence-corrected chi connectivity index (χ4v) is 3.48. The van der Waals surface area contributed by atoms with E-state index < -0.39 is 10.0 Å². The van der Waals surface area contributed by atoms with Crippen LogP contribution in [-0.4, -0.2) is 27.5 Å². The highest BCUT2D eigenvalue weighted by Gasteiger charge is 2.26. The lowest BCUT2D eigenvalue weighted by molar-refractivity contribution is 0.327. The van der Waals surface area contributed by atoms with Gasteiger partial charge in [0.2, 0.25) is 10.0 Å². The summed E-state index contributed by atoms with van der Waals surface area (Å²) in [6.45, 7) is 5.69. The van der Waals surface area contributed by atoms with E-state index >= 15 is 0 Å². The van der Waals surface area contributed by atoms with E-state index in [1.54, 1.807) is 12.1 Å². The van der Waals surface area contributed by atoms with Crippen LogP contribution in [0.1, 0.15) is 18.9 Å². The van der Waals surface area contributed by atoms with E-state index in [2.05, 4.69) is 17.0 Å². The Hall–Kier alpha value is -0.910. The highest BCUT2D eigenvalue weighted by Crippen LogP contribution is 2.16. The van der Waals surface area contributed by atoms with Crippen LogP contribution in [0.2, 0.25) is 0 Å². The first kappa shape index (κ1) is 13.5. The van der Waals surface area contributed by atoms with E-state index in [0.717, 1.165) is 18.5 Å². The monoisotopic (exact) mass is 268 g/mol. The first-order chi connectivity index (χ1) is 8.49. The SMILES string of the molecule is Cc1ccc(S(=O)(=O)NC2CNCCC2C)cc1. The van der Waals surface area contributed by atoms with Crippen molar-refractivity contribution in [2.24, 2.45) is 5.92 Å². The minimum absolute atomic E-state index is 0.0231. The lowest BCUT2D eigenvalue weighted by atomic mass is 9.96. The van der Waals surface area contributed by atoms with E-state index in [9.17, 15) is 8.42 Å². The first-order valence-corrected chi connectivity index (χ1v) is 7.77. The molecule has 0 aliphatic carbocycles. The summed E-state index contributed by atoms with van der Waals surface area (Å²) in [6, 6.07) is 6.91. The Morgan fingerprint density at radius 3 is 2.56 bits per heavy atom. The van der Waals surface area contributed by atoms with Crippen LogP contribution in [0.5, 0.6) is 0 Å². The summed E-state index contributed by atoms with van der Waals surface area (Å²) in [5, 5.41) is 3.22. The molecule has 100 valence electrons. The standard InChI is InChI=1S/C13H20N2O2S/c1-10-3-5-12(6-4-10)18(16,17)15-13-9-14-8-7-11(13)2/h3-6,11,13-15H,7-9H2,1-2H3. The van der Waals surface area contributed by atoms with Gasteiger partial charge in [-0.2, -0.15) is 0 Å². The Kier molecular flexibility index (Phi) is 4.04. The van der Waals surface area contributed by atoms with E-state index in [4.69, 9.17) is 0 Å². The van der Waals surface area contributed by atoms with Crippen LogP contribution in [0.3, 0.4) is 0 Å². The Bertz CT molecular complexity index is 496. The fraction of sp³-hybridized carbons (Fsp3) is 0.538. The number of aryl methyl sites for hydroxylation is 1. The molecule has 18 heavy (non-hydrogen) atoms. The maximum atomic E-state index is 12.2. The third-order valence-electron chi connectivity index (χ3n) is 3.47. The summed E-state index contributed by atoms with van der Waals surface area (Å²) < 4.78 is 27.2. The van der Waals surface area contributed by atoms with Gasteiger partial charge in [-0.25, -0.2) is 13.1 Å². The van der Waals surface area contributed by atoms with Gasteiger partial charge in [-0.3, -0.25) is 0 Å². The summed E-state index contributed by atoms with van der Waals surface area (Å²) in [7, 11) is -3.40. The van der Waals surface area contributed by atoms with Crippen molar-refractivity contribution in [1.82, 2.24) is 10.0 Å². The topological polar surface area (TPSA) is 58.2 Å². The molecule has 0 spiro atoms. The van der Waals surface area contributed by atoms with Crippen molar-refractivity contribution in [1.29, 1.82) is 0 Å². The maximum Gasteiger partial charge on any atom is 0.240 e. The third kappa shape index (κ3) is 3.10. The van der Waals surface area contributed by atoms with Gasteiger partial charge in [0.15, 0.2) is 0 Å². The van der Waals surface area contributed by atoms with Crippen LogP contribution in [-0.2, 0) is 10.0 Å². The number of piperidine rings is 1. The van der Waals surface area contributed by atoms with Gasteiger partial charge < -0.3 is 5.32 Å². The molecule has 2 atom stereocenters. The molecule has 2 rings (SSSR count). The molecule has 1 aromatic rings. The number of hydrogen-bond acceptors (Lipinski definition) is 3. The van der Waals surface area contributed by atoms with Crippen molar-refractivity contribution in [2.75, 3.05) is 13.1 Å². The molecule has 0 amide bonds. The van der Waals surface area contributed by atoms with Gasteiger partial charge >= 0.3 is 0 Å². The van der Waals surface area contributed by atoms with E-state index in [-0.39, 0.29) is 6.04 Å². The van der Waals surface area contributed by atoms with Crippen LogP contribution >= 0.6 is 0 Å². The largest absolute Gasteiger partial charge is 0.315 e. The van der Waals surface area contributed by atoms with Crippen molar-refractivity contribution in [3.8, 4) is 0 Å². The van der Waals surface area contributed by atoms with Crippen molar-refractivity contribution in [3.05, 3.63) is 29.8 Å². The Labute approximate surface area is 109 Å². The van der Waals surface area contributed by atoms with Crippen molar-refractivity contribution in [3.63, 3.8) is 0 Å². The van der Waals surface area contributed by atoms with Crippen LogP contribution in [0.15, 0.2) is 29.2 Å². The van der Waals surface area contributed by atoms with Crippen LogP contribution in [0.4, 0.5) is 0 Å². The smallest absolute Gasteiger partial charge is 0.240 e. The fourth-order valence-electron chi connectivity index (χ4n) is 2.13. The normalized spacial score (nSPS) is 25.0. The molecule has 0 saturated carbocycles. The Morgan fingerprint density at radius 2 is 1.94 bits per heavy atom. The van der Waals surface area contributed by atoms with Crippen LogP contribution < -0.4 is 10.0 Å². The molecule has 2 N–H and O–H groups in total. The molecular weight excluding hydrogens is 248 g/mol. The molecule has 4 nitrogen and oxygen atoms in total. The highest BCUT2D eigenvalue weighted by molar-refractivity contribution is 7.89. The summed E-state index contributed by atoms with van der Waals surface area (Å²) in [6.07, 6.45) is 1.00. The predicted molar refractivity (Wildman–Crippen MR) is 71.9 cm³/mol. The van der Waals surface area contributed by atoms with Crippen LogP contribution in [0.25, 0.3) is 0 Å². The van der Waals surface area contributed by atoms with E-state index in [1.807, 2.05) is 19.1 Å². The summed E-state index contributed by atoms with van der Waals surface area (Å²) in [5.74, 6) is 0.367. The Balaban J connectivity index is 2.13. The van der Waals surface area contributed by atoms with Crippen molar-refractivity contribution >= 4 is 10.0 Å². The number of sulfonamides is 1. The second-order valence-corrected chi connectivity index (χ2v) is 6.72. The molecule has 1 aromatic carbocycles. The summed E-state index contributed by atoms with van der Waals surface area (Å²) in [5.41, 5.74) is 1.06. The van der Waals surface area contributed by atoms with Gasteiger partial charge in [-0.15, -0.1) is 0 Å². The molecule has 0 radical (unpaired) electrons. The molecule has 1 aliphatic heterocycles. The molecular formula is C13H20N2O2S. The molecule has 5 heteroatoms. The Morgan fingerprint density at radius 1 is 1.28 bits per heavy atom. The quantitative estimate of drug-likeness (QED) is 0.868. The molecule has 1 heterocycles. The molecule has 1 aliphatic rings. The third-order valence-corrected chi connectivity index (χ3v) is 4.97.